The van der Waals surface area contributed by atoms with Crippen LogP contribution in [-0.4, -0.2) is 284 Å². The molecule has 2 aromatic carbocycles. The predicted octanol–water partition coefficient (Wildman–Crippen LogP) is 8.35. The number of aryl methyl sites for hydroxylation is 2. The summed E-state index contributed by atoms with van der Waals surface area (Å²) in [6.07, 6.45) is 15.7. The fourth-order valence-corrected chi connectivity index (χ4v) is 14.1. The van der Waals surface area contributed by atoms with Crippen LogP contribution in [0.4, 0.5) is 0 Å². The van der Waals surface area contributed by atoms with Crippen molar-refractivity contribution in [3.63, 3.8) is 0 Å². The summed E-state index contributed by atoms with van der Waals surface area (Å²) in [7, 11) is 0. The number of carboxylic acid groups (broad SMARTS) is 4. The monoisotopic (exact) mass is 1940 g/mol. The Hall–Kier alpha value is -10.4. The highest BCUT2D eigenvalue weighted by Gasteiger charge is 2.27. The molecule has 38 heteroatoms. The van der Waals surface area contributed by atoms with Gasteiger partial charge in [0.25, 0.3) is 0 Å². The van der Waals surface area contributed by atoms with Gasteiger partial charge >= 0.3 is 23.9 Å². The highest BCUT2D eigenvalue weighted by atomic mass is 16.5. The van der Waals surface area contributed by atoms with Crippen molar-refractivity contribution in [2.24, 2.45) is 17.8 Å². The lowest BCUT2D eigenvalue weighted by Gasteiger charge is -2.20. The molecule has 0 fully saturated rings. The van der Waals surface area contributed by atoms with Crippen molar-refractivity contribution < 1.29 is 143 Å². The van der Waals surface area contributed by atoms with E-state index >= 15 is 0 Å². The lowest BCUT2D eigenvalue weighted by Crippen LogP contribution is -2.41. The minimum Gasteiger partial charge on any atom is -0.481 e. The Bertz CT molecular complexity index is 3840. The van der Waals surface area contributed by atoms with Gasteiger partial charge in [0.15, 0.2) is 5.78 Å². The maximum absolute atomic E-state index is 12.6. The number of amides is 9. The van der Waals surface area contributed by atoms with Gasteiger partial charge in [0.05, 0.1) is 72.0 Å². The molecule has 38 nitrogen and oxygen atoms in total. The van der Waals surface area contributed by atoms with Gasteiger partial charge in [0.1, 0.15) is 61.9 Å². The van der Waals surface area contributed by atoms with E-state index in [1.165, 1.54) is 11.1 Å². The molecule has 0 aromatic heterocycles. The van der Waals surface area contributed by atoms with Gasteiger partial charge in [0, 0.05) is 132 Å². The normalized spacial score (nSPS) is 12.4. The van der Waals surface area contributed by atoms with Crippen molar-refractivity contribution in [1.29, 1.82) is 0 Å². The van der Waals surface area contributed by atoms with Gasteiger partial charge in [-0.15, -0.1) is 0 Å². The van der Waals surface area contributed by atoms with E-state index in [0.717, 1.165) is 69.8 Å². The van der Waals surface area contributed by atoms with Crippen LogP contribution in [0.25, 0.3) is 0 Å². The summed E-state index contributed by atoms with van der Waals surface area (Å²) in [4.78, 5) is 208. The van der Waals surface area contributed by atoms with Gasteiger partial charge < -0.3 is 106 Å². The molecule has 776 valence electrons. The molecule has 0 radical (unpaired) electrons. The van der Waals surface area contributed by atoms with Crippen LogP contribution in [0.3, 0.4) is 0 Å². The molecule has 0 heterocycles. The Kier molecular flexibility index (Phi) is 73.1. The van der Waals surface area contributed by atoms with Crippen molar-refractivity contribution in [2.45, 2.75) is 276 Å². The molecule has 0 aliphatic heterocycles. The van der Waals surface area contributed by atoms with Gasteiger partial charge in [-0.25, -0.2) is 14.4 Å². The number of benzene rings is 2. The van der Waals surface area contributed by atoms with Crippen LogP contribution in [0, 0.1) is 17.8 Å². The van der Waals surface area contributed by atoms with Crippen molar-refractivity contribution in [3.05, 3.63) is 83.9 Å². The van der Waals surface area contributed by atoms with Crippen LogP contribution < -0.4 is 47.9 Å². The average molecular weight is 1940 g/mol. The molecular weight excluding hydrogens is 1780 g/mol. The summed E-state index contributed by atoms with van der Waals surface area (Å²) in [6.45, 7) is 11.5. The van der Waals surface area contributed by atoms with Crippen molar-refractivity contribution >= 4 is 100 Å². The molecule has 137 heavy (non-hydrogen) atoms. The third-order valence-corrected chi connectivity index (χ3v) is 22.3. The summed E-state index contributed by atoms with van der Waals surface area (Å²) in [6, 6.07) is 16.4. The molecule has 0 unspecified atom stereocenters. The van der Waals surface area contributed by atoms with Crippen molar-refractivity contribution in [1.82, 2.24) is 47.9 Å². The fourth-order valence-electron chi connectivity index (χ4n) is 14.1. The first-order valence-corrected chi connectivity index (χ1v) is 48.8. The number of hydrogen-bond acceptors (Lipinski definition) is 25. The van der Waals surface area contributed by atoms with Gasteiger partial charge in [0.2, 0.25) is 53.2 Å². The number of aliphatic carboxylic acids is 4. The third kappa shape index (κ3) is 71.7. The lowest BCUT2D eigenvalue weighted by atomic mass is 9.85. The van der Waals surface area contributed by atoms with Gasteiger partial charge in [-0.2, -0.15) is 0 Å². The van der Waals surface area contributed by atoms with Crippen molar-refractivity contribution in [3.8, 4) is 0 Å². The van der Waals surface area contributed by atoms with Gasteiger partial charge in [-0.05, 0) is 159 Å². The average Bonchev–Trinajstić information content (AvgIpc) is 0.942. The summed E-state index contributed by atoms with van der Waals surface area (Å²) in [5.41, 5.74) is 3.43. The molecule has 0 spiro atoms. The van der Waals surface area contributed by atoms with E-state index < -0.39 is 59.7 Å². The molecule has 0 saturated carbocycles. The number of nitrogens with one attached hydrogen (secondary N) is 9. The van der Waals surface area contributed by atoms with Crippen LogP contribution >= 0.6 is 0 Å². The molecule has 2 rings (SSSR count). The number of unbranched alkanes of at least 4 members (excludes halogenated alkanes) is 10. The smallest absolute Gasteiger partial charge is 0.326 e. The van der Waals surface area contributed by atoms with E-state index in [1.807, 2.05) is 60.7 Å². The van der Waals surface area contributed by atoms with E-state index in [9.17, 15) is 102 Å². The predicted molar refractivity (Wildman–Crippen MR) is 513 cm³/mol. The zero-order valence-corrected chi connectivity index (χ0v) is 80.9. The largest absolute Gasteiger partial charge is 0.481 e. The Morgan fingerprint density at radius 1 is 0.285 bits per heavy atom. The molecule has 13 N–H and O–H groups in total. The number of hydrogen-bond donors (Lipinski definition) is 13. The maximum atomic E-state index is 12.6. The lowest BCUT2D eigenvalue weighted by molar-refractivity contribution is -0.144. The molecular formula is C99H161N9O29. The first-order chi connectivity index (χ1) is 66.0. The van der Waals surface area contributed by atoms with Crippen LogP contribution in [0.1, 0.15) is 259 Å². The minimum atomic E-state index is -1.26. The van der Waals surface area contributed by atoms with Crippen molar-refractivity contribution in [2.75, 3.05) is 145 Å². The summed E-state index contributed by atoms with van der Waals surface area (Å²) in [5, 5.41) is 62.4. The van der Waals surface area contributed by atoms with E-state index in [0.29, 0.717) is 110 Å². The highest BCUT2D eigenvalue weighted by molar-refractivity contribution is 5.88. The third-order valence-electron chi connectivity index (χ3n) is 22.3. The minimum absolute atomic E-state index is 0. The molecule has 0 aliphatic carbocycles. The molecule has 0 aliphatic rings. The molecule has 2 aromatic rings. The van der Waals surface area contributed by atoms with Crippen LogP contribution in [0.2, 0.25) is 0 Å². The van der Waals surface area contributed by atoms with Crippen LogP contribution in [0.5, 0.6) is 0 Å². The van der Waals surface area contributed by atoms with E-state index in [-0.39, 0.29) is 294 Å². The summed E-state index contributed by atoms with van der Waals surface area (Å²) >= 11 is 0. The molecule has 0 bridgehead atoms. The van der Waals surface area contributed by atoms with Gasteiger partial charge in [-0.1, -0.05) is 118 Å². The number of carbonyl (C=O) groups is 17. The van der Waals surface area contributed by atoms with E-state index in [4.69, 9.17) is 37.9 Å². The maximum Gasteiger partial charge on any atom is 0.326 e. The number of ether oxygens (including phenoxy) is 8. The number of rotatable bonds is 93. The standard InChI is InChI=1S/C99H157N9O29.2H2/c1-74(28-20-24-52-102-93(119)71-135-65-61-131-57-27-38-83(112)70-134-64-62-132-58-54-104-87(113)47-42-80(96(122)123)69-82(111)36-16-8-22-50-100-88(114)48-45-85(98(126)127)107-90(116)39-17-6-14-33-77-29-10-4-11-30-77)75(2)68-79(76(3)109)35-21-25-53-103-94(120)72-137-67-63-133-59-55-105-95(121)73-136-66-60-130-56-26-37-81(110)43-44-84(97(124)125)106-92(118)41-19-9-23-51-101-89(115)49-46-86(99(128)129)108-91(117)40-18-7-15-34-78-31-12-5-13-32-78;;/h4-5,10-13,29-32,74,79-80,84-86H,2,6-9,14-28,33-73H2,1,3H3,(H,100,114)(H,101,115)(H,102,119)(H,103,120)(H,104,113)(H,105,121)(H,106,118)(H,107,116)(H,108,117)(H,122,123)(H,124,125)(H,126,127)(H,128,129);2*1H/t74-,79+,80+,84-,85-,86-;;/m0../s1. The Morgan fingerprint density at radius 3 is 1.04 bits per heavy atom. The number of Topliss-reactive ketones (excluding diaryl/α,β-unsaturated/α-hetero) is 4. The zero-order chi connectivity index (χ0) is 101. The second kappa shape index (κ2) is 81.6. The zero-order valence-electron chi connectivity index (χ0n) is 80.9. The topological polar surface area (TPSA) is 553 Å². The SMILES string of the molecule is C=C(C[C@@H](CCCCNC(=O)COCCOCCNC(=O)COCCOCCCC(=O)CC[C@H](NC(=O)CCCCCNC(=O)CC[C@H](NC(=O)CCCCCc1ccccc1)C(=O)O)C(=O)O)C(C)=O)[C@@H](C)CCCCNC(=O)COCCOCCCC(=O)COCCOCCNC(=O)CC[C@H](CC(=O)CCCCCNC(=O)CC[C@H](NC(=O)CCCCCc1ccccc1)C(=O)O)C(=O)O.[HH].[HH]. The Balaban J connectivity index is 0.0000952. The Morgan fingerprint density at radius 2 is 0.620 bits per heavy atom. The number of carbonyl (C=O) groups excluding carboxylic acids is 13. The summed E-state index contributed by atoms with van der Waals surface area (Å²) < 4.78 is 43.5. The quantitative estimate of drug-likeness (QED) is 0.0218. The second-order valence-corrected chi connectivity index (χ2v) is 34.1. The number of ketones is 4. The van der Waals surface area contributed by atoms with Gasteiger partial charge in [-0.3, -0.25) is 67.1 Å². The number of carboxylic acids is 4. The first-order valence-electron chi connectivity index (χ1n) is 48.8. The van der Waals surface area contributed by atoms with E-state index in [1.54, 1.807) is 6.92 Å². The molecule has 0 saturated heterocycles. The van der Waals surface area contributed by atoms with Crippen LogP contribution in [-0.2, 0) is 132 Å². The first kappa shape index (κ1) is 123. The van der Waals surface area contributed by atoms with Crippen LogP contribution in [0.15, 0.2) is 72.8 Å². The fraction of sp³-hybridized carbons (Fsp3) is 0.687. The Labute approximate surface area is 809 Å². The second-order valence-electron chi connectivity index (χ2n) is 34.1. The highest BCUT2D eigenvalue weighted by Crippen LogP contribution is 2.27. The molecule has 6 atom stereocenters. The van der Waals surface area contributed by atoms with E-state index in [2.05, 4.69) is 61.4 Å². The number of allylic oxidation sites excluding steroid dienone is 1. The summed E-state index contributed by atoms with van der Waals surface area (Å²) in [5.74, 6) is -9.64. The molecule has 9 amide bonds.